The summed E-state index contributed by atoms with van der Waals surface area (Å²) < 4.78 is 1.23. The van der Waals surface area contributed by atoms with Gasteiger partial charge in [0.05, 0.1) is 23.6 Å². The molecule has 0 spiro atoms. The molecule has 32 heavy (non-hydrogen) atoms. The van der Waals surface area contributed by atoms with Crippen LogP contribution in [0.3, 0.4) is 0 Å². The van der Waals surface area contributed by atoms with Crippen LogP contribution in [-0.4, -0.2) is 21.6 Å². The van der Waals surface area contributed by atoms with Crippen LogP contribution in [0, 0.1) is 11.3 Å². The summed E-state index contributed by atoms with van der Waals surface area (Å²) in [7, 11) is 0. The fraction of sp³-hybridized carbons (Fsp3) is 0.0417. The van der Waals surface area contributed by atoms with Gasteiger partial charge in [-0.3, -0.25) is 25.2 Å². The molecule has 0 aliphatic heterocycles. The molecule has 1 aromatic heterocycles. The number of nitriles is 1. The smallest absolute Gasteiger partial charge is 0.267 e. The minimum absolute atomic E-state index is 0.0104. The molecule has 0 aliphatic carbocycles. The number of nitrogens with zero attached hydrogens (tertiary/aromatic N) is 3. The lowest BCUT2D eigenvalue weighted by Gasteiger charge is -2.12. The summed E-state index contributed by atoms with van der Waals surface area (Å²) in [4.78, 5) is 38.1. The van der Waals surface area contributed by atoms with Gasteiger partial charge in [0, 0.05) is 10.9 Å². The van der Waals surface area contributed by atoms with Gasteiger partial charge >= 0.3 is 0 Å². The summed E-state index contributed by atoms with van der Waals surface area (Å²) >= 11 is 0. The van der Waals surface area contributed by atoms with E-state index in [4.69, 9.17) is 5.26 Å². The largest absolute Gasteiger partial charge is 0.290 e. The molecule has 0 saturated carbocycles. The van der Waals surface area contributed by atoms with Gasteiger partial charge in [-0.05, 0) is 35.9 Å². The molecule has 8 heteroatoms. The van der Waals surface area contributed by atoms with Crippen molar-refractivity contribution >= 4 is 22.6 Å². The van der Waals surface area contributed by atoms with Gasteiger partial charge in [0.1, 0.15) is 0 Å². The van der Waals surface area contributed by atoms with Crippen LogP contribution in [0.1, 0.15) is 32.0 Å². The van der Waals surface area contributed by atoms with Crippen LogP contribution in [0.25, 0.3) is 10.8 Å². The van der Waals surface area contributed by atoms with Crippen molar-refractivity contribution in [3.05, 3.63) is 112 Å². The Balaban J connectivity index is 1.61. The Morgan fingerprint density at radius 2 is 1.47 bits per heavy atom. The molecule has 0 bridgehead atoms. The lowest BCUT2D eigenvalue weighted by atomic mass is 10.1. The second kappa shape index (κ2) is 8.93. The maximum atomic E-state index is 12.9. The zero-order valence-corrected chi connectivity index (χ0v) is 16.8. The first-order valence-corrected chi connectivity index (χ1v) is 9.71. The summed E-state index contributed by atoms with van der Waals surface area (Å²) in [6.45, 7) is 0.197. The van der Waals surface area contributed by atoms with E-state index < -0.39 is 11.8 Å². The number of hydrogen-bond donors (Lipinski definition) is 2. The second-order valence-corrected chi connectivity index (χ2v) is 6.94. The highest BCUT2D eigenvalue weighted by molar-refractivity contribution is 6.06. The summed E-state index contributed by atoms with van der Waals surface area (Å²) in [5.41, 5.74) is 5.93. The number of nitrogens with one attached hydrogen (secondary N) is 2. The van der Waals surface area contributed by atoms with Crippen LogP contribution < -0.4 is 16.4 Å². The van der Waals surface area contributed by atoms with Crippen molar-refractivity contribution < 1.29 is 9.59 Å². The summed E-state index contributed by atoms with van der Waals surface area (Å²) in [6.07, 6.45) is 0. The van der Waals surface area contributed by atoms with Crippen molar-refractivity contribution in [2.24, 2.45) is 0 Å². The predicted octanol–water partition coefficient (Wildman–Crippen LogP) is 2.39. The molecule has 0 atom stereocenters. The van der Waals surface area contributed by atoms with E-state index in [-0.39, 0.29) is 23.4 Å². The highest BCUT2D eigenvalue weighted by Crippen LogP contribution is 2.14. The number of carbonyl (C=O) groups excluding carboxylic acids is 2. The molecule has 8 nitrogen and oxygen atoms in total. The number of hydrogen-bond acceptors (Lipinski definition) is 5. The third kappa shape index (κ3) is 4.22. The number of rotatable bonds is 4. The van der Waals surface area contributed by atoms with E-state index in [1.807, 2.05) is 36.4 Å². The zero-order valence-electron chi connectivity index (χ0n) is 16.8. The van der Waals surface area contributed by atoms with E-state index in [1.54, 1.807) is 24.3 Å². The fourth-order valence-corrected chi connectivity index (χ4v) is 3.21. The Hall–Kier alpha value is -4.77. The van der Waals surface area contributed by atoms with E-state index in [0.717, 1.165) is 5.56 Å². The molecule has 4 rings (SSSR count). The first-order valence-electron chi connectivity index (χ1n) is 9.71. The summed E-state index contributed by atoms with van der Waals surface area (Å²) in [5.74, 6) is -1.21. The van der Waals surface area contributed by atoms with Gasteiger partial charge < -0.3 is 0 Å². The molecule has 156 valence electrons. The Morgan fingerprint density at radius 3 is 2.16 bits per heavy atom. The average molecular weight is 423 g/mol. The molecular formula is C24H17N5O3. The molecule has 0 unspecified atom stereocenters. The van der Waals surface area contributed by atoms with E-state index >= 15 is 0 Å². The average Bonchev–Trinajstić information content (AvgIpc) is 2.84. The maximum Gasteiger partial charge on any atom is 0.290 e. The summed E-state index contributed by atoms with van der Waals surface area (Å²) in [6, 6.07) is 23.9. The number of hydrazine groups is 1. The SMILES string of the molecule is N#Cc1ccc(C(=O)NNC(=O)c2nn(Cc3ccccc3)c(=O)c3ccccc23)cc1. The number of carbonyl (C=O) groups is 2. The van der Waals surface area contributed by atoms with Crippen molar-refractivity contribution in [2.45, 2.75) is 6.54 Å². The third-order valence-corrected chi connectivity index (χ3v) is 4.82. The molecule has 4 aromatic rings. The standard InChI is InChI=1S/C24H17N5O3/c25-14-16-10-12-18(13-11-16)22(30)26-27-23(31)21-19-8-4-5-9-20(19)24(32)29(28-21)15-17-6-2-1-3-7-17/h1-13H,15H2,(H,26,30)(H,27,31). The highest BCUT2D eigenvalue weighted by atomic mass is 16.2. The van der Waals surface area contributed by atoms with Crippen molar-refractivity contribution in [2.75, 3.05) is 0 Å². The zero-order chi connectivity index (χ0) is 22.5. The Labute approximate surface area is 182 Å². The van der Waals surface area contributed by atoms with Crippen molar-refractivity contribution in [3.8, 4) is 6.07 Å². The van der Waals surface area contributed by atoms with Gasteiger partial charge in [-0.15, -0.1) is 0 Å². The Morgan fingerprint density at radius 1 is 0.844 bits per heavy atom. The van der Waals surface area contributed by atoms with Crippen LogP contribution in [0.5, 0.6) is 0 Å². The molecular weight excluding hydrogens is 406 g/mol. The number of amides is 2. The minimum atomic E-state index is -0.662. The Bertz CT molecular complexity index is 1400. The third-order valence-electron chi connectivity index (χ3n) is 4.82. The molecule has 3 aromatic carbocycles. The Kier molecular flexibility index (Phi) is 5.72. The topological polar surface area (TPSA) is 117 Å². The number of benzene rings is 3. The van der Waals surface area contributed by atoms with Gasteiger partial charge in [-0.2, -0.15) is 10.4 Å². The molecule has 0 fully saturated rings. The van der Waals surface area contributed by atoms with Crippen LogP contribution in [-0.2, 0) is 6.54 Å². The van der Waals surface area contributed by atoms with Gasteiger partial charge in [0.15, 0.2) is 5.69 Å². The van der Waals surface area contributed by atoms with Crippen molar-refractivity contribution in [3.63, 3.8) is 0 Å². The van der Waals surface area contributed by atoms with E-state index in [9.17, 15) is 14.4 Å². The van der Waals surface area contributed by atoms with Gasteiger partial charge in [-0.25, -0.2) is 4.68 Å². The van der Waals surface area contributed by atoms with Crippen molar-refractivity contribution in [1.82, 2.24) is 20.6 Å². The van der Waals surface area contributed by atoms with E-state index in [1.165, 1.54) is 28.9 Å². The highest BCUT2D eigenvalue weighted by Gasteiger charge is 2.17. The lowest BCUT2D eigenvalue weighted by Crippen LogP contribution is -2.42. The number of aromatic nitrogens is 2. The predicted molar refractivity (Wildman–Crippen MR) is 118 cm³/mol. The van der Waals surface area contributed by atoms with E-state index in [2.05, 4.69) is 16.0 Å². The fourth-order valence-electron chi connectivity index (χ4n) is 3.21. The second-order valence-electron chi connectivity index (χ2n) is 6.94. The van der Waals surface area contributed by atoms with Crippen LogP contribution in [0.2, 0.25) is 0 Å². The molecule has 0 aliphatic rings. The molecule has 1 heterocycles. The van der Waals surface area contributed by atoms with Crippen LogP contribution in [0.15, 0.2) is 83.7 Å². The molecule has 2 amide bonds. The number of fused-ring (bicyclic) bond motifs is 1. The van der Waals surface area contributed by atoms with Gasteiger partial charge in [0.25, 0.3) is 17.4 Å². The minimum Gasteiger partial charge on any atom is -0.267 e. The molecule has 0 saturated heterocycles. The first kappa shape index (κ1) is 20.5. The quantitative estimate of drug-likeness (QED) is 0.489. The maximum absolute atomic E-state index is 12.9. The van der Waals surface area contributed by atoms with Crippen LogP contribution in [0.4, 0.5) is 0 Å². The van der Waals surface area contributed by atoms with Gasteiger partial charge in [0.2, 0.25) is 0 Å². The van der Waals surface area contributed by atoms with Gasteiger partial charge in [-0.1, -0.05) is 48.5 Å². The lowest BCUT2D eigenvalue weighted by molar-refractivity contribution is 0.0843. The monoisotopic (exact) mass is 423 g/mol. The van der Waals surface area contributed by atoms with E-state index in [0.29, 0.717) is 16.3 Å². The van der Waals surface area contributed by atoms with Crippen molar-refractivity contribution in [1.29, 1.82) is 5.26 Å². The summed E-state index contributed by atoms with van der Waals surface area (Å²) in [5, 5.41) is 13.9. The normalized spacial score (nSPS) is 10.3. The molecule has 2 N–H and O–H groups in total. The first-order chi connectivity index (χ1) is 15.6. The molecule has 0 radical (unpaired) electrons. The van der Waals surface area contributed by atoms with Crippen LogP contribution >= 0.6 is 0 Å².